The molecule has 2 saturated heterocycles. The van der Waals surface area contributed by atoms with E-state index in [9.17, 15) is 26.4 Å². The van der Waals surface area contributed by atoms with Crippen LogP contribution in [-0.4, -0.2) is 131 Å². The van der Waals surface area contributed by atoms with E-state index in [0.29, 0.717) is 85.5 Å². The third-order valence-corrected chi connectivity index (χ3v) is 13.4. The summed E-state index contributed by atoms with van der Waals surface area (Å²) in [4.78, 5) is 47.8. The van der Waals surface area contributed by atoms with Crippen LogP contribution in [0.5, 0.6) is 11.5 Å². The van der Waals surface area contributed by atoms with Gasteiger partial charge in [0.25, 0.3) is 0 Å². The number of aromatic nitrogens is 4. The first-order valence-electron chi connectivity index (χ1n) is 23.2. The second-order valence-corrected chi connectivity index (χ2v) is 20.7. The van der Waals surface area contributed by atoms with Crippen molar-refractivity contribution in [3.05, 3.63) is 121 Å². The van der Waals surface area contributed by atoms with E-state index in [2.05, 4.69) is 19.4 Å². The fraction of sp³-hybridized carbons (Fsp3) is 0.400. The van der Waals surface area contributed by atoms with Gasteiger partial charge in [-0.1, -0.05) is 78.9 Å². The number of amides is 2. The summed E-state index contributed by atoms with van der Waals surface area (Å²) in [6.45, 7) is 3.82. The average Bonchev–Trinajstić information content (AvgIpc) is 4.19. The number of ether oxygens (including phenoxy) is 4. The van der Waals surface area contributed by atoms with E-state index in [4.69, 9.17) is 28.9 Å². The Hall–Kier alpha value is -6.16. The number of carbonyl (C=O) groups is 2. The number of benzene rings is 3. The van der Waals surface area contributed by atoms with Crippen LogP contribution in [0.3, 0.4) is 0 Å². The first-order chi connectivity index (χ1) is 33.7. The predicted molar refractivity (Wildman–Crippen MR) is 267 cm³/mol. The average molecular weight is 999 g/mol. The number of methoxy groups -OCH3 is 2. The predicted octanol–water partition coefficient (Wildman–Crippen LogP) is 6.24. The number of allylic oxidation sites excluding steroid dienone is 3. The smallest absolute Gasteiger partial charge is 0.245 e. The summed E-state index contributed by atoms with van der Waals surface area (Å²) < 4.78 is 78.1. The van der Waals surface area contributed by atoms with Crippen molar-refractivity contribution in [1.29, 1.82) is 0 Å². The molecule has 5 aromatic rings. The summed E-state index contributed by atoms with van der Waals surface area (Å²) in [6, 6.07) is 17.7. The minimum Gasteiger partial charge on any atom is -0.487 e. The number of rotatable bonds is 23. The Balaban J connectivity index is 1.16. The Morgan fingerprint density at radius 1 is 0.700 bits per heavy atom. The molecule has 20 heteroatoms. The maximum absolute atomic E-state index is 14.2. The van der Waals surface area contributed by atoms with Gasteiger partial charge in [-0.25, -0.2) is 31.5 Å². The summed E-state index contributed by atoms with van der Waals surface area (Å²) in [5, 5.41) is 0. The number of H-pyrrole nitrogens is 2. The molecule has 2 aliphatic heterocycles. The van der Waals surface area contributed by atoms with Gasteiger partial charge in [-0.2, -0.15) is 4.72 Å². The van der Waals surface area contributed by atoms with Crippen molar-refractivity contribution in [1.82, 2.24) is 39.2 Å². The molecule has 2 fully saturated rings. The highest BCUT2D eigenvalue weighted by Crippen LogP contribution is 2.46. The van der Waals surface area contributed by atoms with E-state index in [-0.39, 0.29) is 37.5 Å². The van der Waals surface area contributed by atoms with Gasteiger partial charge in [-0.05, 0) is 67.9 Å². The van der Waals surface area contributed by atoms with Gasteiger partial charge in [-0.15, -0.1) is 0 Å². The fourth-order valence-electron chi connectivity index (χ4n) is 8.85. The van der Waals surface area contributed by atoms with E-state index < -0.39 is 38.2 Å². The van der Waals surface area contributed by atoms with Crippen molar-refractivity contribution < 1.29 is 45.4 Å². The number of hydrogen-bond acceptors (Lipinski definition) is 12. The van der Waals surface area contributed by atoms with E-state index >= 15 is 0 Å². The van der Waals surface area contributed by atoms with Crippen LogP contribution in [0.25, 0.3) is 33.6 Å². The molecular formula is C50H62N8O10S2. The zero-order valence-electron chi connectivity index (χ0n) is 40.1. The second kappa shape index (κ2) is 23.6. The monoisotopic (exact) mass is 998 g/mol. The van der Waals surface area contributed by atoms with Crippen LogP contribution >= 0.6 is 0 Å². The zero-order chi connectivity index (χ0) is 49.8. The molecule has 0 spiro atoms. The van der Waals surface area contributed by atoms with Gasteiger partial charge in [0.05, 0.1) is 61.6 Å². The van der Waals surface area contributed by atoms with Crippen molar-refractivity contribution in [3.63, 3.8) is 0 Å². The highest BCUT2D eigenvalue weighted by molar-refractivity contribution is 7.89. The zero-order valence-corrected chi connectivity index (χ0v) is 41.7. The Bertz CT molecular complexity index is 2850. The summed E-state index contributed by atoms with van der Waals surface area (Å²) in [5.41, 5.74) is 5.00. The molecule has 0 bridgehead atoms. The lowest BCUT2D eigenvalue weighted by atomic mass is 9.98. The number of imidazole rings is 2. The Labute approximate surface area is 410 Å². The lowest BCUT2D eigenvalue weighted by Gasteiger charge is -2.28. The number of nitrogens with zero attached hydrogens (tertiary/aromatic N) is 4. The van der Waals surface area contributed by atoms with Crippen molar-refractivity contribution in [3.8, 4) is 45.1 Å². The van der Waals surface area contributed by atoms with Crippen LogP contribution in [0, 0.1) is 0 Å². The number of likely N-dealkylation sites (tertiary alicyclic amines) is 2. The normalized spacial score (nSPS) is 17.4. The molecule has 2 aliphatic rings. The van der Waals surface area contributed by atoms with Crippen LogP contribution in [0.4, 0.5) is 0 Å². The molecule has 2 amide bonds. The minimum atomic E-state index is -3.74. The quantitative estimate of drug-likeness (QED) is 0.0421. The molecule has 374 valence electrons. The molecule has 2 aromatic heterocycles. The number of hydrogen-bond donors (Lipinski definition) is 4. The van der Waals surface area contributed by atoms with Gasteiger partial charge in [0.1, 0.15) is 36.9 Å². The van der Waals surface area contributed by atoms with Crippen molar-refractivity contribution >= 4 is 31.9 Å². The van der Waals surface area contributed by atoms with Gasteiger partial charge in [-0.3, -0.25) is 9.59 Å². The van der Waals surface area contributed by atoms with E-state index in [1.165, 1.54) is 0 Å². The molecule has 4 N–H and O–H groups in total. The first kappa shape index (κ1) is 51.7. The highest BCUT2D eigenvalue weighted by atomic mass is 32.2. The van der Waals surface area contributed by atoms with Crippen molar-refractivity contribution in [2.45, 2.75) is 63.2 Å². The standard InChI is InChI=1S/C50H62N8O10S2/c1-6-7-8-12-17-39(55-69(4,61)62)49(59)57-26-13-18-42(57)47-51-32-40(53-47)35-22-20-34(21-23-35)37-24-25-38(46(68-31-29-66-3)45(37)67-30-28-65-2)41-33-52-48(54-41)43-19-14-27-58(43)50(60)44(56-70(5,63)64)36-15-10-9-11-16-36/h6-12,15-16,20-25,32-33,39,42-44,55-56H,13-14,17-19,26-31H2,1-5H3,(H,51,53)(H,52,54). The molecule has 0 aliphatic carbocycles. The van der Waals surface area contributed by atoms with Crippen LogP contribution in [0.2, 0.25) is 0 Å². The van der Waals surface area contributed by atoms with Crippen LogP contribution in [0.1, 0.15) is 74.4 Å². The van der Waals surface area contributed by atoms with Crippen molar-refractivity contribution in [2.75, 3.05) is 66.2 Å². The van der Waals surface area contributed by atoms with Crippen LogP contribution in [0.15, 0.2) is 103 Å². The second-order valence-electron chi connectivity index (χ2n) is 17.2. The Morgan fingerprint density at radius 3 is 1.83 bits per heavy atom. The third-order valence-electron chi connectivity index (χ3n) is 12.0. The number of sulfonamides is 2. The summed E-state index contributed by atoms with van der Waals surface area (Å²) in [6.07, 6.45) is 15.7. The molecule has 18 nitrogen and oxygen atoms in total. The van der Waals surface area contributed by atoms with Gasteiger partial charge in [0.15, 0.2) is 11.5 Å². The van der Waals surface area contributed by atoms with Gasteiger partial charge < -0.3 is 38.7 Å². The summed E-state index contributed by atoms with van der Waals surface area (Å²) in [7, 11) is -4.21. The van der Waals surface area contributed by atoms with Crippen molar-refractivity contribution in [2.24, 2.45) is 0 Å². The molecule has 0 saturated carbocycles. The topological polar surface area (TPSA) is 227 Å². The molecule has 3 aromatic carbocycles. The number of carbonyl (C=O) groups excluding carboxylic acids is 2. The third kappa shape index (κ3) is 13.0. The summed E-state index contributed by atoms with van der Waals surface area (Å²) in [5.74, 6) is 1.41. The summed E-state index contributed by atoms with van der Waals surface area (Å²) >= 11 is 0. The molecule has 4 heterocycles. The minimum absolute atomic E-state index is 0.205. The first-order valence-corrected chi connectivity index (χ1v) is 27.0. The maximum Gasteiger partial charge on any atom is 0.245 e. The molecular weight excluding hydrogens is 937 g/mol. The molecule has 7 rings (SSSR count). The highest BCUT2D eigenvalue weighted by Gasteiger charge is 2.38. The Kier molecular flexibility index (Phi) is 17.4. The van der Waals surface area contributed by atoms with Crippen LogP contribution in [-0.2, 0) is 39.1 Å². The fourth-order valence-corrected chi connectivity index (χ4v) is 10.2. The molecule has 70 heavy (non-hydrogen) atoms. The van der Waals surface area contributed by atoms with Gasteiger partial charge in [0.2, 0.25) is 31.9 Å². The Morgan fingerprint density at radius 2 is 1.24 bits per heavy atom. The van der Waals surface area contributed by atoms with E-state index in [1.807, 2.05) is 61.5 Å². The van der Waals surface area contributed by atoms with Gasteiger partial charge >= 0.3 is 0 Å². The molecule has 4 atom stereocenters. The lowest BCUT2D eigenvalue weighted by Crippen LogP contribution is -2.47. The number of aromatic amines is 2. The molecule has 4 unspecified atom stereocenters. The SMILES string of the molecule is CC=CC=CCC(NS(C)(=O)=O)C(=O)N1CCCC1c1ncc(-c2ccc(-c3ccc(-c4cnc(C5CCCN5C(=O)C(NS(C)(=O)=O)c5ccccc5)[nH]4)c(OCCOC)c3OCCOC)cc2)[nH]1. The van der Waals surface area contributed by atoms with Crippen LogP contribution < -0.4 is 18.9 Å². The lowest BCUT2D eigenvalue weighted by molar-refractivity contribution is -0.134. The largest absolute Gasteiger partial charge is 0.487 e. The number of nitrogens with one attached hydrogen (secondary N) is 4. The van der Waals surface area contributed by atoms with E-state index in [0.717, 1.165) is 41.3 Å². The molecule has 0 radical (unpaired) electrons. The van der Waals surface area contributed by atoms with E-state index in [1.54, 1.807) is 72.8 Å². The maximum atomic E-state index is 14.2. The van der Waals surface area contributed by atoms with Gasteiger partial charge in [0, 0.05) is 38.4 Å².